The molecule has 1 aliphatic heterocycles. The Balaban J connectivity index is 1.39. The number of thioether (sulfide) groups is 1. The smallest absolute Gasteiger partial charge is 0.274 e. The van der Waals surface area contributed by atoms with E-state index in [1.165, 1.54) is 31.6 Å². The number of hydrogen-bond donors (Lipinski definition) is 2. The van der Waals surface area contributed by atoms with Gasteiger partial charge in [0.25, 0.3) is 12.3 Å². The van der Waals surface area contributed by atoms with Gasteiger partial charge in [0.05, 0.1) is 22.7 Å². The Labute approximate surface area is 212 Å². The summed E-state index contributed by atoms with van der Waals surface area (Å²) in [6.07, 6.45) is 1.54. The predicted octanol–water partition coefficient (Wildman–Crippen LogP) is 4.79. The maximum atomic E-state index is 15.0. The highest BCUT2D eigenvalue weighted by molar-refractivity contribution is 8.15. The van der Waals surface area contributed by atoms with E-state index in [1.54, 1.807) is 13.0 Å². The molecule has 37 heavy (non-hydrogen) atoms. The Hall–Kier alpha value is -3.61. The standard InChI is InChI=1S/C24H21F4N5O3S/c1-11-5-13(36-10-17-30-3-4-35-17)9-31-19(11)20(34)32-12-6-14(18(26)15(25)7-12)23(2)16-8-24(16,21(27)28)37-22(29)33-23/h3-7,9,16,21H,8,10H2,1-2H3,(H2,29,33)(H,32,34)/t16-,23+,24-/m0/s1. The molecule has 1 aliphatic carbocycles. The average Bonchev–Trinajstić information content (AvgIpc) is 3.37. The summed E-state index contributed by atoms with van der Waals surface area (Å²) in [7, 11) is 0. The minimum Gasteiger partial charge on any atom is -0.482 e. The zero-order valence-electron chi connectivity index (χ0n) is 19.6. The summed E-state index contributed by atoms with van der Waals surface area (Å²) in [6, 6.07) is 3.58. The highest BCUT2D eigenvalue weighted by Gasteiger charge is 2.71. The summed E-state index contributed by atoms with van der Waals surface area (Å²) in [5.41, 5.74) is 4.41. The summed E-state index contributed by atoms with van der Waals surface area (Å²) >= 11 is 0.760. The Morgan fingerprint density at radius 2 is 2.11 bits per heavy atom. The number of aliphatic imine (C=N–C) groups is 1. The first-order valence-electron chi connectivity index (χ1n) is 11.1. The van der Waals surface area contributed by atoms with E-state index in [9.17, 15) is 22.4 Å². The van der Waals surface area contributed by atoms with E-state index < -0.39 is 40.2 Å². The van der Waals surface area contributed by atoms with Gasteiger partial charge in [-0.05, 0) is 38.0 Å². The molecule has 1 fully saturated rings. The van der Waals surface area contributed by atoms with E-state index >= 15 is 0 Å². The highest BCUT2D eigenvalue weighted by atomic mass is 32.2. The van der Waals surface area contributed by atoms with E-state index in [-0.39, 0.29) is 35.1 Å². The monoisotopic (exact) mass is 535 g/mol. The minimum atomic E-state index is -2.72. The topological polar surface area (TPSA) is 116 Å². The van der Waals surface area contributed by atoms with Crippen LogP contribution < -0.4 is 15.8 Å². The van der Waals surface area contributed by atoms with Crippen molar-refractivity contribution in [3.63, 3.8) is 0 Å². The maximum absolute atomic E-state index is 15.0. The number of benzene rings is 1. The first-order valence-corrected chi connectivity index (χ1v) is 12.0. The molecule has 0 unspecified atom stereocenters. The molecule has 0 spiro atoms. The summed E-state index contributed by atoms with van der Waals surface area (Å²) < 4.78 is 66.3. The van der Waals surface area contributed by atoms with Crippen molar-refractivity contribution in [1.29, 1.82) is 0 Å². The molecular weight excluding hydrogens is 514 g/mol. The minimum absolute atomic E-state index is 0.0243. The van der Waals surface area contributed by atoms with Crippen molar-refractivity contribution in [2.24, 2.45) is 16.6 Å². The third-order valence-corrected chi connectivity index (χ3v) is 7.89. The number of nitrogens with one attached hydrogen (secondary N) is 1. The van der Waals surface area contributed by atoms with E-state index in [1.807, 2.05) is 0 Å². The number of alkyl halides is 2. The van der Waals surface area contributed by atoms with Crippen molar-refractivity contribution in [2.45, 2.75) is 43.6 Å². The summed E-state index contributed by atoms with van der Waals surface area (Å²) in [6.45, 7) is 3.14. The number of amidine groups is 1. The van der Waals surface area contributed by atoms with Crippen molar-refractivity contribution in [3.8, 4) is 5.75 Å². The Morgan fingerprint density at radius 1 is 1.32 bits per heavy atom. The second-order valence-corrected chi connectivity index (χ2v) is 10.4. The van der Waals surface area contributed by atoms with Gasteiger partial charge < -0.3 is 20.2 Å². The first kappa shape index (κ1) is 25.1. The zero-order chi connectivity index (χ0) is 26.5. The van der Waals surface area contributed by atoms with Gasteiger partial charge in [0, 0.05) is 23.2 Å². The van der Waals surface area contributed by atoms with Crippen molar-refractivity contribution >= 4 is 28.5 Å². The lowest BCUT2D eigenvalue weighted by atomic mass is 9.85. The lowest BCUT2D eigenvalue weighted by Crippen LogP contribution is -2.39. The molecule has 8 nitrogen and oxygen atoms in total. The molecule has 0 radical (unpaired) electrons. The molecule has 2 aromatic heterocycles. The van der Waals surface area contributed by atoms with Gasteiger partial charge >= 0.3 is 0 Å². The third-order valence-electron chi connectivity index (χ3n) is 6.58. The number of hydrogen-bond acceptors (Lipinski definition) is 8. The highest BCUT2D eigenvalue weighted by Crippen LogP contribution is 2.68. The van der Waals surface area contributed by atoms with Crippen LogP contribution in [0.1, 0.15) is 40.9 Å². The number of aryl methyl sites for hydroxylation is 1. The second-order valence-electron chi connectivity index (χ2n) is 9.04. The number of carbonyl (C=O) groups is 1. The third kappa shape index (κ3) is 4.41. The first-order chi connectivity index (χ1) is 17.5. The SMILES string of the molecule is Cc1cc(OCc2ncco2)cnc1C(=O)Nc1cc(F)c(F)c([C@@]2(C)N=C(N)S[C@@]3(C(F)F)C[C@@H]23)c1. The fourth-order valence-corrected chi connectivity index (χ4v) is 6.00. The van der Waals surface area contributed by atoms with Crippen molar-refractivity contribution in [1.82, 2.24) is 9.97 Å². The van der Waals surface area contributed by atoms with Gasteiger partial charge in [0.15, 0.2) is 23.4 Å². The molecule has 2 aliphatic rings. The van der Waals surface area contributed by atoms with E-state index in [0.29, 0.717) is 17.2 Å². The van der Waals surface area contributed by atoms with Crippen LogP contribution in [-0.2, 0) is 12.1 Å². The molecule has 3 heterocycles. The molecule has 3 aromatic rings. The van der Waals surface area contributed by atoms with Crippen molar-refractivity contribution in [2.75, 3.05) is 5.32 Å². The Kier molecular flexibility index (Phi) is 6.13. The summed E-state index contributed by atoms with van der Waals surface area (Å²) in [5.74, 6) is -3.21. The molecule has 13 heteroatoms. The fourth-order valence-electron chi connectivity index (χ4n) is 4.66. The largest absolute Gasteiger partial charge is 0.482 e. The van der Waals surface area contributed by atoms with Crippen molar-refractivity contribution in [3.05, 3.63) is 71.2 Å². The van der Waals surface area contributed by atoms with Gasteiger partial charge in [0.2, 0.25) is 5.89 Å². The van der Waals surface area contributed by atoms with Crippen LogP contribution in [-0.4, -0.2) is 32.2 Å². The Bertz CT molecular complexity index is 1400. The number of fused-ring (bicyclic) bond motifs is 1. The zero-order valence-corrected chi connectivity index (χ0v) is 20.4. The molecule has 1 saturated carbocycles. The molecule has 0 bridgehead atoms. The van der Waals surface area contributed by atoms with Gasteiger partial charge in [-0.25, -0.2) is 27.5 Å². The fraction of sp³-hybridized carbons (Fsp3) is 0.333. The summed E-state index contributed by atoms with van der Waals surface area (Å²) in [5, 5.41) is 2.37. The van der Waals surface area contributed by atoms with Gasteiger partial charge in [-0.3, -0.25) is 9.79 Å². The Morgan fingerprint density at radius 3 is 2.78 bits per heavy atom. The number of rotatable bonds is 7. The lowest BCUT2D eigenvalue weighted by Gasteiger charge is -2.34. The van der Waals surface area contributed by atoms with Crippen LogP contribution >= 0.6 is 11.8 Å². The molecule has 3 atom stereocenters. The van der Waals surface area contributed by atoms with Gasteiger partial charge in [0.1, 0.15) is 17.7 Å². The number of ether oxygens (including phenoxy) is 1. The van der Waals surface area contributed by atoms with Crippen LogP contribution in [0, 0.1) is 24.5 Å². The van der Waals surface area contributed by atoms with Crippen LogP contribution in [0.2, 0.25) is 0 Å². The number of amides is 1. The van der Waals surface area contributed by atoms with E-state index in [4.69, 9.17) is 14.9 Å². The average molecular weight is 536 g/mol. The van der Waals surface area contributed by atoms with E-state index in [2.05, 4.69) is 20.3 Å². The quantitative estimate of drug-likeness (QED) is 0.418. The van der Waals surface area contributed by atoms with Crippen LogP contribution in [0.15, 0.2) is 46.3 Å². The van der Waals surface area contributed by atoms with Gasteiger partial charge in [-0.2, -0.15) is 0 Å². The van der Waals surface area contributed by atoms with Gasteiger partial charge in [-0.15, -0.1) is 0 Å². The molecule has 1 amide bonds. The van der Waals surface area contributed by atoms with Crippen molar-refractivity contribution < 1.29 is 31.5 Å². The number of aromatic nitrogens is 2. The molecule has 3 N–H and O–H groups in total. The predicted molar refractivity (Wildman–Crippen MR) is 128 cm³/mol. The number of anilines is 1. The maximum Gasteiger partial charge on any atom is 0.274 e. The number of pyridine rings is 1. The number of nitrogens with two attached hydrogens (primary N) is 1. The second kappa shape index (κ2) is 9.05. The lowest BCUT2D eigenvalue weighted by molar-refractivity contribution is 0.102. The normalized spacial score (nSPS) is 24.4. The van der Waals surface area contributed by atoms with Crippen LogP contribution in [0.4, 0.5) is 23.2 Å². The van der Waals surface area contributed by atoms with Gasteiger partial charge in [-0.1, -0.05) is 11.8 Å². The number of carbonyl (C=O) groups excluding carboxylic acids is 1. The number of nitrogens with zero attached hydrogens (tertiary/aromatic N) is 3. The molecule has 1 aromatic carbocycles. The van der Waals surface area contributed by atoms with E-state index in [0.717, 1.165) is 17.8 Å². The molecule has 5 rings (SSSR count). The van der Waals surface area contributed by atoms with Crippen LogP contribution in [0.25, 0.3) is 0 Å². The number of halogens is 4. The molecular formula is C24H21F4N5O3S. The number of oxazole rings is 1. The van der Waals surface area contributed by atoms with Crippen LogP contribution in [0.5, 0.6) is 5.75 Å². The summed E-state index contributed by atoms with van der Waals surface area (Å²) in [4.78, 5) is 25.2. The van der Waals surface area contributed by atoms with Crippen LogP contribution in [0.3, 0.4) is 0 Å². The molecule has 194 valence electrons. The molecule has 0 saturated heterocycles.